The second-order valence-corrected chi connectivity index (χ2v) is 6.48. The van der Waals surface area contributed by atoms with Gasteiger partial charge in [0.2, 0.25) is 10.0 Å². The standard InChI is InChI=1S/C13H19N5O2S/c1-11-3-4-13(9-12(11)10-14)21(19,20)16-5-2-7-18-8-6-15-17-18/h3-4,6,8-9,16H,2,5,7,10,14H2,1H3. The molecule has 0 aliphatic carbocycles. The van der Waals surface area contributed by atoms with E-state index in [2.05, 4.69) is 15.0 Å². The molecule has 0 aliphatic heterocycles. The van der Waals surface area contributed by atoms with E-state index in [-0.39, 0.29) is 4.90 Å². The van der Waals surface area contributed by atoms with Crippen molar-refractivity contribution < 1.29 is 8.42 Å². The van der Waals surface area contributed by atoms with E-state index in [1.807, 2.05) is 6.92 Å². The second kappa shape index (κ2) is 6.79. The van der Waals surface area contributed by atoms with Gasteiger partial charge >= 0.3 is 0 Å². The van der Waals surface area contributed by atoms with E-state index in [9.17, 15) is 8.42 Å². The molecule has 0 bridgehead atoms. The van der Waals surface area contributed by atoms with E-state index in [0.717, 1.165) is 11.1 Å². The van der Waals surface area contributed by atoms with Crippen molar-refractivity contribution in [2.45, 2.75) is 31.3 Å². The van der Waals surface area contributed by atoms with Gasteiger partial charge in [0.05, 0.1) is 11.1 Å². The quantitative estimate of drug-likeness (QED) is 0.721. The monoisotopic (exact) mass is 309 g/mol. The van der Waals surface area contributed by atoms with E-state index in [0.29, 0.717) is 26.1 Å². The van der Waals surface area contributed by atoms with E-state index < -0.39 is 10.0 Å². The van der Waals surface area contributed by atoms with Crippen LogP contribution in [0.25, 0.3) is 0 Å². The van der Waals surface area contributed by atoms with Gasteiger partial charge in [0.15, 0.2) is 0 Å². The summed E-state index contributed by atoms with van der Waals surface area (Å²) in [4.78, 5) is 0.245. The average molecular weight is 309 g/mol. The number of nitrogens with one attached hydrogen (secondary N) is 1. The molecule has 1 heterocycles. The maximum absolute atomic E-state index is 12.2. The van der Waals surface area contributed by atoms with Crippen molar-refractivity contribution in [3.05, 3.63) is 41.7 Å². The molecule has 0 atom stereocenters. The molecule has 0 saturated heterocycles. The third-order valence-corrected chi connectivity index (χ3v) is 4.64. The number of benzene rings is 1. The van der Waals surface area contributed by atoms with E-state index in [1.54, 1.807) is 35.3 Å². The average Bonchev–Trinajstić information content (AvgIpc) is 2.97. The molecular formula is C13H19N5O2S. The highest BCUT2D eigenvalue weighted by molar-refractivity contribution is 7.89. The van der Waals surface area contributed by atoms with Crippen molar-refractivity contribution in [1.29, 1.82) is 0 Å². The molecule has 8 heteroatoms. The minimum atomic E-state index is -3.50. The lowest BCUT2D eigenvalue weighted by Crippen LogP contribution is -2.26. The number of aryl methyl sites for hydroxylation is 2. The van der Waals surface area contributed by atoms with Crippen LogP contribution in [0, 0.1) is 6.92 Å². The first-order valence-corrected chi connectivity index (χ1v) is 8.14. The van der Waals surface area contributed by atoms with Gasteiger partial charge in [-0.2, -0.15) is 0 Å². The lowest BCUT2D eigenvalue weighted by atomic mass is 10.1. The van der Waals surface area contributed by atoms with Gasteiger partial charge in [-0.15, -0.1) is 5.10 Å². The summed E-state index contributed by atoms with van der Waals surface area (Å²) in [5.74, 6) is 0. The Hall–Kier alpha value is -1.77. The highest BCUT2D eigenvalue weighted by Gasteiger charge is 2.14. The molecule has 1 aromatic carbocycles. The molecule has 1 aromatic heterocycles. The number of aromatic nitrogens is 3. The lowest BCUT2D eigenvalue weighted by molar-refractivity contribution is 0.542. The molecule has 2 rings (SSSR count). The van der Waals surface area contributed by atoms with Gasteiger partial charge in [0.1, 0.15) is 0 Å². The predicted octanol–water partition coefficient (Wildman–Crippen LogP) is 0.414. The predicted molar refractivity (Wildman–Crippen MR) is 78.9 cm³/mol. The molecule has 0 spiro atoms. The van der Waals surface area contributed by atoms with Crippen LogP contribution in [0.2, 0.25) is 0 Å². The molecule has 0 unspecified atom stereocenters. The summed E-state index contributed by atoms with van der Waals surface area (Å²) in [5, 5.41) is 7.50. The summed E-state index contributed by atoms with van der Waals surface area (Å²) >= 11 is 0. The van der Waals surface area contributed by atoms with Crippen LogP contribution in [-0.4, -0.2) is 30.0 Å². The molecule has 21 heavy (non-hydrogen) atoms. The zero-order chi connectivity index (χ0) is 15.3. The fraction of sp³-hybridized carbons (Fsp3) is 0.385. The number of nitrogens with zero attached hydrogens (tertiary/aromatic N) is 3. The molecule has 2 aromatic rings. The van der Waals surface area contributed by atoms with E-state index in [1.165, 1.54) is 0 Å². The smallest absolute Gasteiger partial charge is 0.240 e. The number of rotatable bonds is 7. The summed E-state index contributed by atoms with van der Waals surface area (Å²) in [6.07, 6.45) is 3.96. The second-order valence-electron chi connectivity index (χ2n) is 4.71. The molecule has 0 amide bonds. The van der Waals surface area contributed by atoms with Crippen molar-refractivity contribution >= 4 is 10.0 Å². The molecule has 7 nitrogen and oxygen atoms in total. The van der Waals surface area contributed by atoms with Crippen LogP contribution in [0.15, 0.2) is 35.5 Å². The van der Waals surface area contributed by atoms with E-state index >= 15 is 0 Å². The van der Waals surface area contributed by atoms with Crippen molar-refractivity contribution in [1.82, 2.24) is 19.7 Å². The van der Waals surface area contributed by atoms with Gasteiger partial charge in [-0.25, -0.2) is 13.1 Å². The largest absolute Gasteiger partial charge is 0.326 e. The van der Waals surface area contributed by atoms with Crippen LogP contribution >= 0.6 is 0 Å². The van der Waals surface area contributed by atoms with Crippen LogP contribution in [0.4, 0.5) is 0 Å². The van der Waals surface area contributed by atoms with Crippen LogP contribution in [-0.2, 0) is 23.1 Å². The highest BCUT2D eigenvalue weighted by Crippen LogP contribution is 2.15. The van der Waals surface area contributed by atoms with Crippen molar-refractivity contribution in [2.75, 3.05) is 6.54 Å². The molecule has 3 N–H and O–H groups in total. The Bertz CT molecular complexity index is 683. The first-order chi connectivity index (χ1) is 10.0. The topological polar surface area (TPSA) is 103 Å². The van der Waals surface area contributed by atoms with Gasteiger partial charge in [-0.05, 0) is 36.6 Å². The van der Waals surface area contributed by atoms with Crippen molar-refractivity contribution in [3.63, 3.8) is 0 Å². The van der Waals surface area contributed by atoms with Gasteiger partial charge in [-0.1, -0.05) is 11.3 Å². The van der Waals surface area contributed by atoms with Crippen LogP contribution < -0.4 is 10.5 Å². The van der Waals surface area contributed by atoms with Gasteiger partial charge in [0.25, 0.3) is 0 Å². The molecule has 0 saturated carbocycles. The zero-order valence-corrected chi connectivity index (χ0v) is 12.7. The van der Waals surface area contributed by atoms with Gasteiger partial charge < -0.3 is 5.73 Å². The molecule has 114 valence electrons. The first-order valence-electron chi connectivity index (χ1n) is 6.66. The Morgan fingerprint density at radius 2 is 2.19 bits per heavy atom. The number of hydrogen-bond acceptors (Lipinski definition) is 5. The Kier molecular flexibility index (Phi) is 5.05. The minimum absolute atomic E-state index is 0.245. The molecule has 0 fully saturated rings. The Labute approximate surface area is 124 Å². The number of hydrogen-bond donors (Lipinski definition) is 2. The third-order valence-electron chi connectivity index (χ3n) is 3.18. The molecule has 0 radical (unpaired) electrons. The normalized spacial score (nSPS) is 11.7. The number of sulfonamides is 1. The van der Waals surface area contributed by atoms with Crippen molar-refractivity contribution in [3.8, 4) is 0 Å². The van der Waals surface area contributed by atoms with Crippen LogP contribution in [0.3, 0.4) is 0 Å². The Morgan fingerprint density at radius 3 is 2.86 bits per heavy atom. The van der Waals surface area contributed by atoms with Crippen LogP contribution in [0.5, 0.6) is 0 Å². The fourth-order valence-electron chi connectivity index (χ4n) is 1.92. The third kappa shape index (κ3) is 4.10. The van der Waals surface area contributed by atoms with E-state index in [4.69, 9.17) is 5.73 Å². The maximum atomic E-state index is 12.2. The van der Waals surface area contributed by atoms with Gasteiger partial charge in [-0.3, -0.25) is 4.68 Å². The SMILES string of the molecule is Cc1ccc(S(=O)(=O)NCCCn2ccnn2)cc1CN. The maximum Gasteiger partial charge on any atom is 0.240 e. The first kappa shape index (κ1) is 15.6. The van der Waals surface area contributed by atoms with Gasteiger partial charge in [0, 0.05) is 25.8 Å². The summed E-state index contributed by atoms with van der Waals surface area (Å²) < 4.78 is 28.6. The minimum Gasteiger partial charge on any atom is -0.326 e. The zero-order valence-electron chi connectivity index (χ0n) is 11.9. The summed E-state index contributed by atoms with van der Waals surface area (Å²) in [5.41, 5.74) is 7.43. The fourth-order valence-corrected chi connectivity index (χ4v) is 3.04. The Balaban J connectivity index is 1.95. The molecular weight excluding hydrogens is 290 g/mol. The lowest BCUT2D eigenvalue weighted by Gasteiger charge is -2.09. The summed E-state index contributed by atoms with van der Waals surface area (Å²) in [6, 6.07) is 4.98. The molecule has 0 aliphatic rings. The number of nitrogens with two attached hydrogens (primary N) is 1. The summed E-state index contributed by atoms with van der Waals surface area (Å²) in [6.45, 7) is 3.18. The highest BCUT2D eigenvalue weighted by atomic mass is 32.2. The van der Waals surface area contributed by atoms with Crippen molar-refractivity contribution in [2.24, 2.45) is 5.73 Å². The summed E-state index contributed by atoms with van der Waals surface area (Å²) in [7, 11) is -3.50. The Morgan fingerprint density at radius 1 is 1.38 bits per heavy atom. The van der Waals surface area contributed by atoms with Crippen LogP contribution in [0.1, 0.15) is 17.5 Å².